The Balaban J connectivity index is 2.15. The quantitative estimate of drug-likeness (QED) is 0.828. The Labute approximate surface area is 118 Å². The predicted octanol–water partition coefficient (Wildman–Crippen LogP) is 4.41. The molecule has 0 unspecified atom stereocenters. The smallest absolute Gasteiger partial charge is 0.122 e. The first-order valence-corrected chi connectivity index (χ1v) is 6.37. The zero-order valence-electron chi connectivity index (χ0n) is 10.9. The van der Waals surface area contributed by atoms with E-state index < -0.39 is 0 Å². The summed E-state index contributed by atoms with van der Waals surface area (Å²) in [7, 11) is 0. The molecule has 0 radical (unpaired) electrons. The zero-order chi connectivity index (χ0) is 13.8. The minimum absolute atomic E-state index is 0.398. The number of rotatable bonds is 3. The van der Waals surface area contributed by atoms with E-state index in [0.29, 0.717) is 17.2 Å². The lowest BCUT2D eigenvalue weighted by molar-refractivity contribution is 0.304. The van der Waals surface area contributed by atoms with Gasteiger partial charge in [0.1, 0.15) is 12.4 Å². The second-order valence-electron chi connectivity index (χ2n) is 4.40. The second-order valence-corrected chi connectivity index (χ2v) is 4.81. The summed E-state index contributed by atoms with van der Waals surface area (Å²) in [5, 5.41) is 9.35. The van der Waals surface area contributed by atoms with Gasteiger partial charge in [-0.25, -0.2) is 0 Å². The van der Waals surface area contributed by atoms with Gasteiger partial charge in [0.25, 0.3) is 0 Å². The van der Waals surface area contributed by atoms with Crippen LogP contribution in [0, 0.1) is 25.2 Å². The van der Waals surface area contributed by atoms with Gasteiger partial charge < -0.3 is 4.74 Å². The number of hydrogen-bond donors (Lipinski definition) is 0. The Bertz CT molecular complexity index is 644. The predicted molar refractivity (Wildman–Crippen MR) is 76.4 cm³/mol. The molecule has 96 valence electrons. The first-order chi connectivity index (χ1) is 9.11. The maximum absolute atomic E-state index is 8.79. The van der Waals surface area contributed by atoms with Crippen LogP contribution in [0.3, 0.4) is 0 Å². The van der Waals surface area contributed by atoms with Crippen LogP contribution in [0.5, 0.6) is 5.75 Å². The van der Waals surface area contributed by atoms with Crippen LogP contribution in [0.15, 0.2) is 36.4 Å². The molecule has 2 aromatic carbocycles. The van der Waals surface area contributed by atoms with Gasteiger partial charge in [0.15, 0.2) is 0 Å². The first kappa shape index (κ1) is 13.5. The molecule has 2 aromatic rings. The molecule has 19 heavy (non-hydrogen) atoms. The van der Waals surface area contributed by atoms with Crippen molar-refractivity contribution in [3.63, 3.8) is 0 Å². The SMILES string of the molecule is Cc1cccc(OCc2ccc(C#N)cc2Cl)c1C. The van der Waals surface area contributed by atoms with E-state index in [-0.39, 0.29) is 0 Å². The van der Waals surface area contributed by atoms with Gasteiger partial charge in [-0.05, 0) is 43.2 Å². The van der Waals surface area contributed by atoms with Gasteiger partial charge in [-0.2, -0.15) is 5.26 Å². The van der Waals surface area contributed by atoms with E-state index in [1.165, 1.54) is 5.56 Å². The number of nitrogens with zero attached hydrogens (tertiary/aromatic N) is 1. The molecule has 0 saturated heterocycles. The van der Waals surface area contributed by atoms with Crippen LogP contribution >= 0.6 is 11.6 Å². The largest absolute Gasteiger partial charge is 0.489 e. The van der Waals surface area contributed by atoms with E-state index in [1.807, 2.05) is 25.1 Å². The molecule has 0 saturated carbocycles. The average molecular weight is 272 g/mol. The maximum atomic E-state index is 8.79. The van der Waals surface area contributed by atoms with Crippen molar-refractivity contribution in [3.05, 3.63) is 63.7 Å². The molecule has 0 heterocycles. The number of benzene rings is 2. The van der Waals surface area contributed by atoms with E-state index >= 15 is 0 Å². The van der Waals surface area contributed by atoms with Crippen molar-refractivity contribution < 1.29 is 4.74 Å². The lowest BCUT2D eigenvalue weighted by Crippen LogP contribution is -1.99. The van der Waals surface area contributed by atoms with Crippen LogP contribution in [-0.4, -0.2) is 0 Å². The van der Waals surface area contributed by atoms with Crippen molar-refractivity contribution in [2.24, 2.45) is 0 Å². The topological polar surface area (TPSA) is 33.0 Å². The highest BCUT2D eigenvalue weighted by molar-refractivity contribution is 6.31. The van der Waals surface area contributed by atoms with Crippen LogP contribution in [0.1, 0.15) is 22.3 Å². The van der Waals surface area contributed by atoms with Crippen LogP contribution in [0.25, 0.3) is 0 Å². The summed E-state index contributed by atoms with van der Waals surface area (Å²) in [6.45, 7) is 4.48. The van der Waals surface area contributed by atoms with E-state index in [4.69, 9.17) is 21.6 Å². The van der Waals surface area contributed by atoms with Gasteiger partial charge >= 0.3 is 0 Å². The molecule has 0 aliphatic rings. The third kappa shape index (κ3) is 3.07. The molecule has 0 amide bonds. The Morgan fingerprint density at radius 2 is 2.00 bits per heavy atom. The third-order valence-corrected chi connectivity index (χ3v) is 3.47. The first-order valence-electron chi connectivity index (χ1n) is 5.99. The number of aryl methyl sites for hydroxylation is 1. The lowest BCUT2D eigenvalue weighted by Gasteiger charge is -2.11. The van der Waals surface area contributed by atoms with Crippen molar-refractivity contribution in [1.82, 2.24) is 0 Å². The lowest BCUT2D eigenvalue weighted by atomic mass is 10.1. The molecule has 0 atom stereocenters. The van der Waals surface area contributed by atoms with E-state index in [9.17, 15) is 0 Å². The molecule has 0 aliphatic heterocycles. The van der Waals surface area contributed by atoms with Crippen molar-refractivity contribution in [2.45, 2.75) is 20.5 Å². The molecular weight excluding hydrogens is 258 g/mol. The molecule has 2 nitrogen and oxygen atoms in total. The summed E-state index contributed by atoms with van der Waals surface area (Å²) in [4.78, 5) is 0. The van der Waals surface area contributed by atoms with Crippen LogP contribution in [0.4, 0.5) is 0 Å². The Morgan fingerprint density at radius 3 is 2.68 bits per heavy atom. The zero-order valence-corrected chi connectivity index (χ0v) is 11.7. The summed E-state index contributed by atoms with van der Waals surface area (Å²) in [5.41, 5.74) is 3.76. The number of halogens is 1. The van der Waals surface area contributed by atoms with Crippen molar-refractivity contribution in [2.75, 3.05) is 0 Å². The molecule has 0 aliphatic carbocycles. The number of hydrogen-bond acceptors (Lipinski definition) is 2. The number of ether oxygens (including phenoxy) is 1. The summed E-state index contributed by atoms with van der Waals surface area (Å²) in [5.74, 6) is 0.862. The fourth-order valence-electron chi connectivity index (χ4n) is 1.77. The Kier molecular flexibility index (Phi) is 4.09. The van der Waals surface area contributed by atoms with Gasteiger partial charge in [-0.15, -0.1) is 0 Å². The Hall–Kier alpha value is -1.98. The fraction of sp³-hybridized carbons (Fsp3) is 0.188. The van der Waals surface area contributed by atoms with E-state index in [2.05, 4.69) is 19.1 Å². The highest BCUT2D eigenvalue weighted by Gasteiger charge is 2.05. The minimum Gasteiger partial charge on any atom is -0.489 e. The van der Waals surface area contributed by atoms with Gasteiger partial charge in [-0.1, -0.05) is 29.8 Å². The Morgan fingerprint density at radius 1 is 1.21 bits per heavy atom. The van der Waals surface area contributed by atoms with Gasteiger partial charge in [0.05, 0.1) is 11.6 Å². The van der Waals surface area contributed by atoms with Gasteiger partial charge in [-0.3, -0.25) is 0 Å². The average Bonchev–Trinajstić information content (AvgIpc) is 2.41. The number of nitriles is 1. The standard InChI is InChI=1S/C16H14ClNO/c1-11-4-3-5-16(12(11)2)19-10-14-7-6-13(9-18)8-15(14)17/h3-8H,10H2,1-2H3. The van der Waals surface area contributed by atoms with Gasteiger partial charge in [0, 0.05) is 10.6 Å². The maximum Gasteiger partial charge on any atom is 0.122 e. The second kappa shape index (κ2) is 5.77. The van der Waals surface area contributed by atoms with Crippen molar-refractivity contribution >= 4 is 11.6 Å². The highest BCUT2D eigenvalue weighted by Crippen LogP contribution is 2.24. The minimum atomic E-state index is 0.398. The third-order valence-electron chi connectivity index (χ3n) is 3.12. The molecule has 0 spiro atoms. The molecule has 0 fully saturated rings. The normalized spacial score (nSPS) is 10.0. The molecule has 3 heteroatoms. The van der Waals surface area contributed by atoms with Crippen LogP contribution in [-0.2, 0) is 6.61 Å². The highest BCUT2D eigenvalue weighted by atomic mass is 35.5. The van der Waals surface area contributed by atoms with E-state index in [0.717, 1.165) is 16.9 Å². The molecule has 0 aromatic heterocycles. The van der Waals surface area contributed by atoms with Crippen LogP contribution < -0.4 is 4.74 Å². The molecule has 2 rings (SSSR count). The van der Waals surface area contributed by atoms with Gasteiger partial charge in [0.2, 0.25) is 0 Å². The van der Waals surface area contributed by atoms with E-state index in [1.54, 1.807) is 12.1 Å². The molecular formula is C16H14ClNO. The van der Waals surface area contributed by atoms with Crippen LogP contribution in [0.2, 0.25) is 5.02 Å². The molecule has 0 bridgehead atoms. The summed E-state index contributed by atoms with van der Waals surface area (Å²) in [6, 6.07) is 13.3. The molecule has 0 N–H and O–H groups in total. The van der Waals surface area contributed by atoms with Crippen molar-refractivity contribution in [3.8, 4) is 11.8 Å². The fourth-order valence-corrected chi connectivity index (χ4v) is 2.01. The summed E-state index contributed by atoms with van der Waals surface area (Å²) < 4.78 is 5.79. The monoisotopic (exact) mass is 271 g/mol. The van der Waals surface area contributed by atoms with Crippen molar-refractivity contribution in [1.29, 1.82) is 5.26 Å². The summed E-state index contributed by atoms with van der Waals surface area (Å²) >= 11 is 6.11. The summed E-state index contributed by atoms with van der Waals surface area (Å²) in [6.07, 6.45) is 0.